The Morgan fingerprint density at radius 2 is 1.81 bits per heavy atom. The van der Waals surface area contributed by atoms with Gasteiger partial charge in [0, 0.05) is 18.8 Å². The molecule has 1 rings (SSSR count). The van der Waals surface area contributed by atoms with Crippen LogP contribution in [0.2, 0.25) is 0 Å². The first kappa shape index (κ1) is 18.0. The molecule has 2 atom stereocenters. The molecule has 0 aromatic heterocycles. The second-order valence-corrected chi connectivity index (χ2v) is 5.92. The van der Waals surface area contributed by atoms with Crippen LogP contribution in [0, 0.1) is 5.92 Å². The number of hydrogen-bond acceptors (Lipinski definition) is 1. The Bertz CT molecular complexity index is 416. The molecule has 0 saturated carbocycles. The van der Waals surface area contributed by atoms with Crippen LogP contribution in [0.5, 0.6) is 0 Å². The Hall–Kier alpha value is -1.02. The van der Waals surface area contributed by atoms with Gasteiger partial charge in [-0.3, -0.25) is 4.79 Å². The zero-order valence-corrected chi connectivity index (χ0v) is 14.2. The molecule has 0 spiro atoms. The minimum absolute atomic E-state index is 0.136. The van der Waals surface area contributed by atoms with Crippen LogP contribution in [0.25, 0.3) is 0 Å². The van der Waals surface area contributed by atoms with Crippen molar-refractivity contribution in [3.63, 3.8) is 0 Å². The smallest absolute Gasteiger partial charge is 0.222 e. The molecule has 0 fully saturated rings. The van der Waals surface area contributed by atoms with Gasteiger partial charge < -0.3 is 5.32 Å². The zero-order valence-electron chi connectivity index (χ0n) is 13.5. The predicted octanol–water partition coefficient (Wildman–Crippen LogP) is 4.86. The maximum atomic E-state index is 11.8. The number of nitrogens with one attached hydrogen (secondary N) is 1. The topological polar surface area (TPSA) is 29.1 Å². The molecular formula is C18H28ClNO. The molecule has 0 bridgehead atoms. The summed E-state index contributed by atoms with van der Waals surface area (Å²) in [4.78, 5) is 11.8. The average Bonchev–Trinajstić information content (AvgIpc) is 2.54. The van der Waals surface area contributed by atoms with Gasteiger partial charge in [-0.25, -0.2) is 0 Å². The molecule has 2 nitrogen and oxygen atoms in total. The molecule has 0 radical (unpaired) electrons. The summed E-state index contributed by atoms with van der Waals surface area (Å²) in [6, 6.07) is 8.61. The van der Waals surface area contributed by atoms with Crippen LogP contribution < -0.4 is 5.32 Å². The standard InChI is InChI=1S/C18H28ClNO/c1-4-6-16(12-11-15(5-2)18(21)20-3)17-9-7-14(13-19)8-10-17/h7-10,15-16H,4-6,11-13H2,1-3H3,(H,20,21). The lowest BCUT2D eigenvalue weighted by Crippen LogP contribution is -2.27. The Kier molecular flexibility index (Phi) is 8.44. The summed E-state index contributed by atoms with van der Waals surface area (Å²) < 4.78 is 0. The molecule has 0 aliphatic heterocycles. The van der Waals surface area contributed by atoms with E-state index >= 15 is 0 Å². The molecule has 1 aromatic rings. The van der Waals surface area contributed by atoms with Gasteiger partial charge in [0.05, 0.1) is 0 Å². The quantitative estimate of drug-likeness (QED) is 0.648. The second-order valence-electron chi connectivity index (χ2n) is 5.66. The van der Waals surface area contributed by atoms with Crippen LogP contribution in [-0.2, 0) is 10.7 Å². The van der Waals surface area contributed by atoms with Crippen LogP contribution >= 0.6 is 11.6 Å². The Labute approximate surface area is 134 Å². The van der Waals surface area contributed by atoms with Crippen molar-refractivity contribution in [2.24, 2.45) is 5.92 Å². The summed E-state index contributed by atoms with van der Waals surface area (Å²) in [5, 5.41) is 2.77. The lowest BCUT2D eigenvalue weighted by Gasteiger charge is -2.20. The molecule has 1 N–H and O–H groups in total. The number of alkyl halides is 1. The van der Waals surface area contributed by atoms with Crippen molar-refractivity contribution in [2.45, 2.75) is 57.7 Å². The monoisotopic (exact) mass is 309 g/mol. The summed E-state index contributed by atoms with van der Waals surface area (Å²) in [7, 11) is 1.72. The van der Waals surface area contributed by atoms with E-state index in [1.54, 1.807) is 7.05 Å². The van der Waals surface area contributed by atoms with E-state index in [-0.39, 0.29) is 11.8 Å². The highest BCUT2D eigenvalue weighted by Gasteiger charge is 2.18. The van der Waals surface area contributed by atoms with E-state index < -0.39 is 0 Å². The molecule has 21 heavy (non-hydrogen) atoms. The fraction of sp³-hybridized carbons (Fsp3) is 0.611. The number of carbonyl (C=O) groups is 1. The first-order valence-electron chi connectivity index (χ1n) is 8.02. The molecule has 1 amide bonds. The number of benzene rings is 1. The SMILES string of the molecule is CCCC(CCC(CC)C(=O)NC)c1ccc(CCl)cc1. The fourth-order valence-corrected chi connectivity index (χ4v) is 3.01. The number of rotatable bonds is 9. The van der Waals surface area contributed by atoms with Gasteiger partial charge in [-0.2, -0.15) is 0 Å². The minimum atomic E-state index is 0.136. The molecule has 0 saturated heterocycles. The lowest BCUT2D eigenvalue weighted by atomic mass is 9.86. The third-order valence-electron chi connectivity index (χ3n) is 4.22. The van der Waals surface area contributed by atoms with E-state index in [2.05, 4.69) is 43.4 Å². The van der Waals surface area contributed by atoms with Crippen molar-refractivity contribution in [1.82, 2.24) is 5.32 Å². The molecule has 2 unspecified atom stereocenters. The zero-order chi connectivity index (χ0) is 15.7. The number of carbonyl (C=O) groups excluding carboxylic acids is 1. The summed E-state index contributed by atoms with van der Waals surface area (Å²) in [5.74, 6) is 1.41. The van der Waals surface area contributed by atoms with E-state index in [1.807, 2.05) is 0 Å². The van der Waals surface area contributed by atoms with Crippen LogP contribution in [0.3, 0.4) is 0 Å². The maximum Gasteiger partial charge on any atom is 0.222 e. The Morgan fingerprint density at radius 3 is 2.29 bits per heavy atom. The molecule has 1 aromatic carbocycles. The van der Waals surface area contributed by atoms with Crippen LogP contribution in [0.1, 0.15) is 63.0 Å². The Balaban J connectivity index is 2.69. The molecular weight excluding hydrogens is 282 g/mol. The Morgan fingerprint density at radius 1 is 1.14 bits per heavy atom. The van der Waals surface area contributed by atoms with Crippen LogP contribution in [0.4, 0.5) is 0 Å². The van der Waals surface area contributed by atoms with Gasteiger partial charge in [0.15, 0.2) is 0 Å². The van der Waals surface area contributed by atoms with E-state index in [1.165, 1.54) is 18.4 Å². The predicted molar refractivity (Wildman–Crippen MR) is 90.7 cm³/mol. The third kappa shape index (κ3) is 5.70. The molecule has 118 valence electrons. The van der Waals surface area contributed by atoms with Gasteiger partial charge in [-0.05, 0) is 42.7 Å². The first-order chi connectivity index (χ1) is 10.2. The normalized spacial score (nSPS) is 13.7. The van der Waals surface area contributed by atoms with Crippen molar-refractivity contribution in [1.29, 1.82) is 0 Å². The highest BCUT2D eigenvalue weighted by atomic mass is 35.5. The van der Waals surface area contributed by atoms with Gasteiger partial charge >= 0.3 is 0 Å². The van der Waals surface area contributed by atoms with E-state index in [4.69, 9.17) is 11.6 Å². The summed E-state index contributed by atoms with van der Waals surface area (Å²) in [6.45, 7) is 4.31. The minimum Gasteiger partial charge on any atom is -0.359 e. The number of amides is 1. The summed E-state index contributed by atoms with van der Waals surface area (Å²) >= 11 is 5.85. The molecule has 3 heteroatoms. The van der Waals surface area contributed by atoms with E-state index in [9.17, 15) is 4.79 Å². The van der Waals surface area contributed by atoms with Gasteiger partial charge in [0.2, 0.25) is 5.91 Å². The van der Waals surface area contributed by atoms with Crippen LogP contribution in [0.15, 0.2) is 24.3 Å². The maximum absolute atomic E-state index is 11.8. The highest BCUT2D eigenvalue weighted by Crippen LogP contribution is 2.29. The van der Waals surface area contributed by atoms with Gasteiger partial charge in [-0.15, -0.1) is 11.6 Å². The number of hydrogen-bond donors (Lipinski definition) is 1. The van der Waals surface area contributed by atoms with Gasteiger partial charge in [-0.1, -0.05) is 44.5 Å². The first-order valence-corrected chi connectivity index (χ1v) is 8.56. The van der Waals surface area contributed by atoms with Crippen molar-refractivity contribution in [2.75, 3.05) is 7.05 Å². The van der Waals surface area contributed by atoms with Crippen molar-refractivity contribution in [3.8, 4) is 0 Å². The third-order valence-corrected chi connectivity index (χ3v) is 4.52. The summed E-state index contributed by atoms with van der Waals surface area (Å²) in [6.07, 6.45) is 5.27. The fourth-order valence-electron chi connectivity index (χ4n) is 2.83. The van der Waals surface area contributed by atoms with E-state index in [0.717, 1.165) is 24.8 Å². The van der Waals surface area contributed by atoms with Crippen molar-refractivity contribution >= 4 is 17.5 Å². The molecule has 0 aliphatic rings. The van der Waals surface area contributed by atoms with E-state index in [0.29, 0.717) is 11.8 Å². The van der Waals surface area contributed by atoms with Gasteiger partial charge in [0.25, 0.3) is 0 Å². The molecule has 0 aliphatic carbocycles. The largest absolute Gasteiger partial charge is 0.359 e. The van der Waals surface area contributed by atoms with Crippen LogP contribution in [-0.4, -0.2) is 13.0 Å². The lowest BCUT2D eigenvalue weighted by molar-refractivity contribution is -0.124. The number of halogens is 1. The van der Waals surface area contributed by atoms with Crippen molar-refractivity contribution < 1.29 is 4.79 Å². The van der Waals surface area contributed by atoms with Crippen molar-refractivity contribution in [3.05, 3.63) is 35.4 Å². The molecule has 0 heterocycles. The van der Waals surface area contributed by atoms with Gasteiger partial charge in [0.1, 0.15) is 0 Å². The second kappa shape index (κ2) is 9.83. The highest BCUT2D eigenvalue weighted by molar-refractivity contribution is 6.17. The summed E-state index contributed by atoms with van der Waals surface area (Å²) in [5.41, 5.74) is 2.53. The average molecular weight is 310 g/mol.